The van der Waals surface area contributed by atoms with Crippen molar-refractivity contribution in [3.8, 4) is 0 Å². The Hall–Kier alpha value is -1.87. The van der Waals surface area contributed by atoms with Crippen molar-refractivity contribution in [1.29, 1.82) is 0 Å². The lowest BCUT2D eigenvalue weighted by atomic mass is 9.40. The molecule has 13 heteroatoms. The third-order valence-corrected chi connectivity index (χ3v) is 14.3. The van der Waals surface area contributed by atoms with Gasteiger partial charge in [-0.2, -0.15) is 0 Å². The minimum absolute atomic E-state index is 0.212. The lowest BCUT2D eigenvalue weighted by Gasteiger charge is -2.67. The van der Waals surface area contributed by atoms with Gasteiger partial charge >= 0.3 is 17.9 Å². The van der Waals surface area contributed by atoms with Crippen molar-refractivity contribution in [2.75, 3.05) is 0 Å². The molecule has 0 amide bonds. The highest BCUT2D eigenvalue weighted by atomic mass is 16.7. The maximum absolute atomic E-state index is 13.2. The van der Waals surface area contributed by atoms with E-state index in [0.29, 0.717) is 6.42 Å². The van der Waals surface area contributed by atoms with E-state index in [2.05, 4.69) is 0 Å². The number of nitrogens with two attached hydrogens (primary N) is 1. The fourth-order valence-corrected chi connectivity index (χ4v) is 12.3. The van der Waals surface area contributed by atoms with Crippen molar-refractivity contribution in [2.45, 2.75) is 128 Å². The number of esters is 3. The molecule has 4 aliphatic carbocycles. The predicted molar refractivity (Wildman–Crippen MR) is 151 cm³/mol. The van der Waals surface area contributed by atoms with Crippen LogP contribution >= 0.6 is 0 Å². The number of ether oxygens (including phenoxy) is 5. The molecule has 4 saturated carbocycles. The molecule has 7 fully saturated rings. The number of carbonyl (C=O) groups excluding carboxylic acids is 3. The van der Waals surface area contributed by atoms with Gasteiger partial charge in [-0.1, -0.05) is 13.8 Å². The van der Waals surface area contributed by atoms with Crippen LogP contribution < -0.4 is 5.73 Å². The van der Waals surface area contributed by atoms with E-state index in [0.717, 1.165) is 0 Å². The van der Waals surface area contributed by atoms with Gasteiger partial charge in [-0.15, -0.1) is 0 Å². The molecule has 0 spiro atoms. The summed E-state index contributed by atoms with van der Waals surface area (Å²) in [5, 5.41) is 48.5. The van der Waals surface area contributed by atoms with Gasteiger partial charge in [0.1, 0.15) is 18.3 Å². The van der Waals surface area contributed by atoms with Crippen molar-refractivity contribution in [1.82, 2.24) is 0 Å². The zero-order chi connectivity index (χ0) is 33.1. The summed E-state index contributed by atoms with van der Waals surface area (Å²) in [4.78, 5) is 38.9. The Bertz CT molecular complexity index is 1340. The van der Waals surface area contributed by atoms with Gasteiger partial charge in [0.25, 0.3) is 0 Å². The number of fused-ring (bicyclic) bond motifs is 10. The summed E-state index contributed by atoms with van der Waals surface area (Å²) in [5.41, 5.74) is 0.936. The van der Waals surface area contributed by atoms with E-state index in [4.69, 9.17) is 29.4 Å². The number of carbonyl (C=O) groups is 3. The Morgan fingerprint density at radius 2 is 1.53 bits per heavy atom. The average molecular weight is 638 g/mol. The fraction of sp³-hybridized carbons (Fsp3) is 0.906. The van der Waals surface area contributed by atoms with E-state index in [1.165, 1.54) is 20.8 Å². The maximum atomic E-state index is 13.2. The van der Waals surface area contributed by atoms with Crippen LogP contribution in [-0.2, 0) is 38.1 Å². The van der Waals surface area contributed by atoms with Crippen LogP contribution in [0.4, 0.5) is 0 Å². The molecule has 0 bridgehead atoms. The fourth-order valence-electron chi connectivity index (χ4n) is 12.3. The Kier molecular flexibility index (Phi) is 6.47. The second-order valence-corrected chi connectivity index (χ2v) is 15.9. The Morgan fingerprint density at radius 3 is 2.13 bits per heavy atom. The number of hydrogen-bond donors (Lipinski definition) is 5. The predicted octanol–water partition coefficient (Wildman–Crippen LogP) is -0.369. The molecule has 3 heterocycles. The minimum Gasteiger partial charge on any atom is -0.458 e. The molecule has 20 atom stereocenters. The molecule has 13 nitrogen and oxygen atoms in total. The molecular weight excluding hydrogens is 590 g/mol. The molecule has 0 radical (unpaired) electrons. The highest BCUT2D eigenvalue weighted by Crippen LogP contribution is 2.76. The van der Waals surface area contributed by atoms with Gasteiger partial charge in [-0.3, -0.25) is 9.59 Å². The summed E-state index contributed by atoms with van der Waals surface area (Å²) in [7, 11) is 0. The molecule has 6 N–H and O–H groups in total. The van der Waals surface area contributed by atoms with Gasteiger partial charge in [0.15, 0.2) is 5.60 Å². The molecule has 2 unspecified atom stereocenters. The highest BCUT2D eigenvalue weighted by Gasteiger charge is 2.85. The quantitative estimate of drug-likeness (QED) is 0.149. The van der Waals surface area contributed by atoms with Gasteiger partial charge in [-0.25, -0.2) is 4.79 Å². The van der Waals surface area contributed by atoms with Crippen LogP contribution in [0.1, 0.15) is 61.8 Å². The number of rotatable bonds is 2. The van der Waals surface area contributed by atoms with Crippen LogP contribution in [0.2, 0.25) is 0 Å². The van der Waals surface area contributed by atoms with E-state index >= 15 is 0 Å². The minimum atomic E-state index is -2.09. The van der Waals surface area contributed by atoms with Crippen molar-refractivity contribution < 1.29 is 58.5 Å². The largest absolute Gasteiger partial charge is 0.458 e. The molecule has 45 heavy (non-hydrogen) atoms. The lowest BCUT2D eigenvalue weighted by molar-refractivity contribution is -0.341. The van der Waals surface area contributed by atoms with E-state index in [9.17, 15) is 34.8 Å². The topological polar surface area (TPSA) is 208 Å². The number of aliphatic hydroxyl groups is 4. The smallest absolute Gasteiger partial charge is 0.341 e. The Labute approximate surface area is 262 Å². The van der Waals surface area contributed by atoms with E-state index in [1.807, 2.05) is 13.8 Å². The summed E-state index contributed by atoms with van der Waals surface area (Å²) >= 11 is 0. The SMILES string of the molecule is CC(=O)O[C@H]1C2C([C@@H](O)[C@@H](N)[C@H]3C[C@@H]4O[C@@H]4[C@H](O)[C@]23C)[C@@H]2[C@@H](O)[C@@H]3[C@H]([C@H](C)O[C@@]4(C)OC(=O)[C@@](C)(O)[C@]34C)[C@@]2(C)[C@H]1OC(C)=O. The molecule has 3 saturated heterocycles. The Balaban J connectivity index is 1.49. The first kappa shape index (κ1) is 31.7. The molecule has 0 aromatic carbocycles. The Morgan fingerprint density at radius 1 is 0.911 bits per heavy atom. The van der Waals surface area contributed by atoms with Crippen LogP contribution in [0.3, 0.4) is 0 Å². The first-order chi connectivity index (χ1) is 20.7. The zero-order valence-corrected chi connectivity index (χ0v) is 27.0. The molecule has 7 aliphatic rings. The molecule has 0 aromatic rings. The van der Waals surface area contributed by atoms with Gasteiger partial charge in [0.05, 0.1) is 35.9 Å². The van der Waals surface area contributed by atoms with Crippen LogP contribution in [0.15, 0.2) is 0 Å². The van der Waals surface area contributed by atoms with Gasteiger partial charge in [-0.05, 0) is 39.0 Å². The van der Waals surface area contributed by atoms with Crippen LogP contribution in [0.5, 0.6) is 0 Å². The number of hydrogen-bond acceptors (Lipinski definition) is 13. The molecule has 0 aromatic heterocycles. The highest BCUT2D eigenvalue weighted by molar-refractivity contribution is 5.83. The van der Waals surface area contributed by atoms with E-state index in [-0.39, 0.29) is 6.10 Å². The monoisotopic (exact) mass is 637 g/mol. The van der Waals surface area contributed by atoms with Gasteiger partial charge < -0.3 is 49.8 Å². The summed E-state index contributed by atoms with van der Waals surface area (Å²) in [5.74, 6) is -8.37. The maximum Gasteiger partial charge on any atom is 0.341 e. The molecule has 3 aliphatic heterocycles. The summed E-state index contributed by atoms with van der Waals surface area (Å²) < 4.78 is 30.3. The van der Waals surface area contributed by atoms with Crippen molar-refractivity contribution in [2.24, 2.45) is 57.5 Å². The van der Waals surface area contributed by atoms with Crippen LogP contribution in [0, 0.1) is 51.8 Å². The van der Waals surface area contributed by atoms with Crippen molar-refractivity contribution >= 4 is 17.9 Å². The van der Waals surface area contributed by atoms with E-state index < -0.39 is 130 Å². The van der Waals surface area contributed by atoms with Gasteiger partial charge in [0, 0.05) is 61.3 Å². The van der Waals surface area contributed by atoms with Gasteiger partial charge in [0.2, 0.25) is 5.79 Å². The van der Waals surface area contributed by atoms with Crippen LogP contribution in [0.25, 0.3) is 0 Å². The summed E-state index contributed by atoms with van der Waals surface area (Å²) in [6, 6.07) is -0.826. The second kappa shape index (κ2) is 9.18. The average Bonchev–Trinajstić information content (AvgIpc) is 3.63. The third kappa shape index (κ3) is 3.46. The van der Waals surface area contributed by atoms with Crippen molar-refractivity contribution in [3.63, 3.8) is 0 Å². The van der Waals surface area contributed by atoms with Crippen LogP contribution in [-0.4, -0.2) is 105 Å². The summed E-state index contributed by atoms with van der Waals surface area (Å²) in [6.07, 6.45) is -6.80. The standard InChI is InChI=1S/C32H47NO12/c1-10-16-19(30(6)31(7,40)27(39)45-32(30,8)44-10)22(37)17-15-18(24(41-11(2)34)26(29(16,17)5)42-12(3)35)28(4)13(20(33)21(15)36)9-14-23(43-14)25(28)38/h10,13-26,36-38,40H,9,33H2,1-8H3/t10-,13+,14-,15?,16-,17+,18?,19-,20-,21+,22+,23-,24-,25-,26-,28-,29+,30-,31+,32-/m0/s1. The first-order valence-electron chi connectivity index (χ1n) is 16.1. The second-order valence-electron chi connectivity index (χ2n) is 15.9. The number of epoxide rings is 1. The third-order valence-electron chi connectivity index (χ3n) is 14.3. The molecule has 7 rings (SSSR count). The first-order valence-corrected chi connectivity index (χ1v) is 16.1. The summed E-state index contributed by atoms with van der Waals surface area (Å²) in [6.45, 7) is 12.5. The lowest BCUT2D eigenvalue weighted by Crippen LogP contribution is -2.76. The molecular formula is C32H47NO12. The normalized spacial score (nSPS) is 62.2. The van der Waals surface area contributed by atoms with Crippen molar-refractivity contribution in [3.05, 3.63) is 0 Å². The van der Waals surface area contributed by atoms with E-state index in [1.54, 1.807) is 20.8 Å². The number of aliphatic hydroxyl groups excluding tert-OH is 3. The molecule has 252 valence electrons. The zero-order valence-electron chi connectivity index (χ0n) is 27.0.